The highest BCUT2D eigenvalue weighted by molar-refractivity contribution is 6.30. The molecule has 1 heterocycles. The molecular weight excluding hydrogens is 308 g/mol. The van der Waals surface area contributed by atoms with Crippen molar-refractivity contribution in [2.45, 2.75) is 37.8 Å². The fraction of sp³-hybridized carbons (Fsp3) is 0.368. The molecule has 0 N–H and O–H groups in total. The van der Waals surface area contributed by atoms with Crippen LogP contribution in [0.5, 0.6) is 0 Å². The third kappa shape index (κ3) is 3.25. The van der Waals surface area contributed by atoms with Crippen LogP contribution in [0.4, 0.5) is 0 Å². The molecule has 4 rings (SSSR count). The number of carbonyl (C=O) groups is 1. The molecule has 2 fully saturated rings. The summed E-state index contributed by atoms with van der Waals surface area (Å²) < 4.78 is 0. The number of pyridine rings is 1. The van der Waals surface area contributed by atoms with Crippen molar-refractivity contribution >= 4 is 17.5 Å². The predicted octanol–water partition coefficient (Wildman–Crippen LogP) is 4.03. The molecule has 1 amide bonds. The highest BCUT2D eigenvalue weighted by Gasteiger charge is 2.48. The number of hydrogen-bond donors (Lipinski definition) is 0. The SMILES string of the molecule is O=C([C@@H]1C[C@@H]1c1cccc(Cl)c1)N(Cc1cccnc1)C1CC1. The minimum atomic E-state index is 0.116. The molecule has 0 saturated heterocycles. The molecule has 0 bridgehead atoms. The summed E-state index contributed by atoms with van der Waals surface area (Å²) in [6.45, 7) is 0.677. The van der Waals surface area contributed by atoms with Gasteiger partial charge in [0.05, 0.1) is 0 Å². The van der Waals surface area contributed by atoms with Crippen molar-refractivity contribution in [3.63, 3.8) is 0 Å². The van der Waals surface area contributed by atoms with Crippen LogP contribution in [0, 0.1) is 5.92 Å². The van der Waals surface area contributed by atoms with Crippen LogP contribution in [0.25, 0.3) is 0 Å². The topological polar surface area (TPSA) is 33.2 Å². The number of rotatable bonds is 5. The highest BCUT2D eigenvalue weighted by atomic mass is 35.5. The van der Waals surface area contributed by atoms with E-state index in [4.69, 9.17) is 11.6 Å². The third-order valence-electron chi connectivity index (χ3n) is 4.73. The maximum Gasteiger partial charge on any atom is 0.226 e. The van der Waals surface area contributed by atoms with Crippen LogP contribution in [-0.4, -0.2) is 21.8 Å². The lowest BCUT2D eigenvalue weighted by molar-refractivity contribution is -0.133. The van der Waals surface area contributed by atoms with E-state index in [1.165, 1.54) is 5.56 Å². The van der Waals surface area contributed by atoms with Gasteiger partial charge in [-0.05, 0) is 54.5 Å². The molecule has 23 heavy (non-hydrogen) atoms. The zero-order valence-electron chi connectivity index (χ0n) is 12.9. The van der Waals surface area contributed by atoms with Crippen LogP contribution in [-0.2, 0) is 11.3 Å². The Morgan fingerprint density at radius 2 is 2.13 bits per heavy atom. The Morgan fingerprint density at radius 3 is 2.83 bits per heavy atom. The summed E-state index contributed by atoms with van der Waals surface area (Å²) in [6, 6.07) is 12.3. The second-order valence-corrected chi connectivity index (χ2v) is 7.00. The zero-order valence-corrected chi connectivity index (χ0v) is 13.6. The van der Waals surface area contributed by atoms with E-state index in [1.54, 1.807) is 6.20 Å². The first-order chi connectivity index (χ1) is 11.2. The first-order valence-corrected chi connectivity index (χ1v) is 8.55. The molecule has 0 unspecified atom stereocenters. The molecule has 0 radical (unpaired) electrons. The standard InChI is InChI=1S/C19H19ClN2O/c20-15-5-1-4-14(9-15)17-10-18(17)19(23)22(16-6-7-16)12-13-3-2-8-21-11-13/h1-5,8-9,11,16-18H,6-7,10,12H2/t17-,18-/m1/s1. The Bertz CT molecular complexity index is 714. The Hall–Kier alpha value is -1.87. The fourth-order valence-corrected chi connectivity index (χ4v) is 3.45. The van der Waals surface area contributed by atoms with Gasteiger partial charge >= 0.3 is 0 Å². The van der Waals surface area contributed by atoms with Crippen LogP contribution in [0.15, 0.2) is 48.8 Å². The normalized spacial score (nSPS) is 22.7. The Morgan fingerprint density at radius 1 is 1.26 bits per heavy atom. The van der Waals surface area contributed by atoms with Gasteiger partial charge in [0.2, 0.25) is 5.91 Å². The van der Waals surface area contributed by atoms with Gasteiger partial charge in [-0.2, -0.15) is 0 Å². The monoisotopic (exact) mass is 326 g/mol. The molecule has 2 aromatic rings. The minimum absolute atomic E-state index is 0.116. The smallest absolute Gasteiger partial charge is 0.226 e. The summed E-state index contributed by atoms with van der Waals surface area (Å²) in [5.41, 5.74) is 2.29. The molecule has 2 aliphatic rings. The summed E-state index contributed by atoms with van der Waals surface area (Å²) in [5.74, 6) is 0.739. The lowest BCUT2D eigenvalue weighted by Crippen LogP contribution is -2.34. The fourth-order valence-electron chi connectivity index (χ4n) is 3.25. The second-order valence-electron chi connectivity index (χ2n) is 6.56. The first kappa shape index (κ1) is 14.7. The molecule has 2 atom stereocenters. The number of nitrogens with zero attached hydrogens (tertiary/aromatic N) is 2. The lowest BCUT2D eigenvalue weighted by atomic mass is 10.1. The molecule has 0 aliphatic heterocycles. The molecular formula is C19H19ClN2O. The van der Waals surface area contributed by atoms with Crippen LogP contribution >= 0.6 is 11.6 Å². The van der Waals surface area contributed by atoms with Gasteiger partial charge in [0.1, 0.15) is 0 Å². The van der Waals surface area contributed by atoms with Gasteiger partial charge in [-0.15, -0.1) is 0 Å². The third-order valence-corrected chi connectivity index (χ3v) is 4.97. The summed E-state index contributed by atoms with van der Waals surface area (Å²) >= 11 is 6.07. The predicted molar refractivity (Wildman–Crippen MR) is 90.1 cm³/mol. The van der Waals surface area contributed by atoms with Crippen LogP contribution < -0.4 is 0 Å². The average Bonchev–Trinajstić information content (AvgIpc) is 3.47. The molecule has 2 saturated carbocycles. The average molecular weight is 327 g/mol. The summed E-state index contributed by atoms with van der Waals surface area (Å²) in [4.78, 5) is 19.2. The number of benzene rings is 1. The quantitative estimate of drug-likeness (QED) is 0.831. The van der Waals surface area contributed by atoms with Gasteiger partial charge in [-0.1, -0.05) is 29.8 Å². The number of hydrogen-bond acceptors (Lipinski definition) is 2. The van der Waals surface area contributed by atoms with Crippen molar-refractivity contribution in [1.82, 2.24) is 9.88 Å². The van der Waals surface area contributed by atoms with E-state index in [0.29, 0.717) is 24.4 Å². The van der Waals surface area contributed by atoms with Gasteiger partial charge in [0.15, 0.2) is 0 Å². The number of amides is 1. The molecule has 0 spiro atoms. The first-order valence-electron chi connectivity index (χ1n) is 8.17. The van der Waals surface area contributed by atoms with Crippen molar-refractivity contribution in [2.75, 3.05) is 0 Å². The van der Waals surface area contributed by atoms with Gasteiger partial charge < -0.3 is 4.90 Å². The van der Waals surface area contributed by atoms with Gasteiger partial charge in [0, 0.05) is 35.9 Å². The van der Waals surface area contributed by atoms with E-state index in [0.717, 1.165) is 29.8 Å². The molecule has 1 aromatic carbocycles. The largest absolute Gasteiger partial charge is 0.335 e. The van der Waals surface area contributed by atoms with Crippen molar-refractivity contribution in [2.24, 2.45) is 5.92 Å². The Labute approximate surface area is 141 Å². The maximum absolute atomic E-state index is 12.9. The summed E-state index contributed by atoms with van der Waals surface area (Å²) in [5, 5.41) is 0.745. The molecule has 4 heteroatoms. The summed E-state index contributed by atoms with van der Waals surface area (Å²) in [7, 11) is 0. The zero-order chi connectivity index (χ0) is 15.8. The van der Waals surface area contributed by atoms with E-state index in [-0.39, 0.29) is 5.92 Å². The van der Waals surface area contributed by atoms with Gasteiger partial charge in [-0.3, -0.25) is 9.78 Å². The van der Waals surface area contributed by atoms with E-state index in [9.17, 15) is 4.79 Å². The van der Waals surface area contributed by atoms with Crippen LogP contribution in [0.1, 0.15) is 36.3 Å². The number of halogens is 1. The lowest BCUT2D eigenvalue weighted by Gasteiger charge is -2.22. The van der Waals surface area contributed by atoms with Gasteiger partial charge in [0.25, 0.3) is 0 Å². The second kappa shape index (κ2) is 5.97. The number of aromatic nitrogens is 1. The van der Waals surface area contributed by atoms with Crippen LogP contribution in [0.3, 0.4) is 0 Å². The molecule has 3 nitrogen and oxygen atoms in total. The molecule has 118 valence electrons. The van der Waals surface area contributed by atoms with E-state index >= 15 is 0 Å². The Balaban J connectivity index is 1.47. The van der Waals surface area contributed by atoms with Crippen molar-refractivity contribution in [3.8, 4) is 0 Å². The van der Waals surface area contributed by atoms with Crippen molar-refractivity contribution in [3.05, 3.63) is 64.9 Å². The Kier molecular flexibility index (Phi) is 3.82. The summed E-state index contributed by atoms with van der Waals surface area (Å²) in [6.07, 6.45) is 6.81. The van der Waals surface area contributed by atoms with E-state index in [1.807, 2.05) is 36.5 Å². The van der Waals surface area contributed by atoms with E-state index < -0.39 is 0 Å². The van der Waals surface area contributed by atoms with E-state index in [2.05, 4.69) is 16.0 Å². The van der Waals surface area contributed by atoms with Gasteiger partial charge in [-0.25, -0.2) is 0 Å². The molecule has 1 aromatic heterocycles. The van der Waals surface area contributed by atoms with Crippen molar-refractivity contribution in [1.29, 1.82) is 0 Å². The molecule has 2 aliphatic carbocycles. The number of carbonyl (C=O) groups excluding carboxylic acids is 1. The van der Waals surface area contributed by atoms with Crippen molar-refractivity contribution < 1.29 is 4.79 Å². The highest BCUT2D eigenvalue weighted by Crippen LogP contribution is 2.50. The van der Waals surface area contributed by atoms with Crippen LogP contribution in [0.2, 0.25) is 5.02 Å². The minimum Gasteiger partial charge on any atom is -0.335 e. The maximum atomic E-state index is 12.9.